The molecular formula is C15H12ClN3OS2. The molecule has 0 saturated carbocycles. The molecule has 4 nitrogen and oxygen atoms in total. The zero-order valence-electron chi connectivity index (χ0n) is 11.7. The van der Waals surface area contributed by atoms with Gasteiger partial charge in [-0.1, -0.05) is 53.2 Å². The first-order valence-electron chi connectivity index (χ1n) is 6.52. The molecule has 2 aromatic heterocycles. The highest BCUT2D eigenvalue weighted by Gasteiger charge is 2.12. The van der Waals surface area contributed by atoms with Gasteiger partial charge < -0.3 is 0 Å². The van der Waals surface area contributed by atoms with Crippen LogP contribution in [0.15, 0.2) is 41.6 Å². The van der Waals surface area contributed by atoms with Gasteiger partial charge in [-0.15, -0.1) is 16.4 Å². The number of halogens is 1. The lowest BCUT2D eigenvalue weighted by molar-refractivity contribution is 0.102. The van der Waals surface area contributed by atoms with Crippen LogP contribution in [0.5, 0.6) is 0 Å². The second kappa shape index (κ2) is 6.64. The normalized spacial score (nSPS) is 10.8. The summed E-state index contributed by atoms with van der Waals surface area (Å²) in [6.45, 7) is 2.04. The van der Waals surface area contributed by atoms with Crippen LogP contribution >= 0.6 is 34.7 Å². The second-order valence-corrected chi connectivity index (χ2v) is 7.31. The van der Waals surface area contributed by atoms with Crippen molar-refractivity contribution in [2.24, 2.45) is 0 Å². The molecule has 0 saturated heterocycles. The van der Waals surface area contributed by atoms with E-state index in [0.717, 1.165) is 5.56 Å². The number of H-pyrrole nitrogens is 1. The van der Waals surface area contributed by atoms with Crippen molar-refractivity contribution < 1.29 is 4.79 Å². The lowest BCUT2D eigenvalue weighted by Crippen LogP contribution is -1.99. The minimum Gasteiger partial charge on any atom is -0.292 e. The van der Waals surface area contributed by atoms with Crippen molar-refractivity contribution in [2.45, 2.75) is 12.1 Å². The molecule has 0 spiro atoms. The molecular weight excluding hydrogens is 338 g/mol. The van der Waals surface area contributed by atoms with Gasteiger partial charge in [0.15, 0.2) is 11.6 Å². The Balaban J connectivity index is 1.64. The van der Waals surface area contributed by atoms with Crippen LogP contribution < -0.4 is 0 Å². The van der Waals surface area contributed by atoms with Gasteiger partial charge in [0.2, 0.25) is 5.16 Å². The molecule has 0 unspecified atom stereocenters. The van der Waals surface area contributed by atoms with Crippen LogP contribution in [0.2, 0.25) is 4.34 Å². The number of rotatable bonds is 5. The van der Waals surface area contributed by atoms with Gasteiger partial charge in [-0.3, -0.25) is 9.89 Å². The molecule has 1 aromatic carbocycles. The van der Waals surface area contributed by atoms with Gasteiger partial charge in [0, 0.05) is 5.56 Å². The van der Waals surface area contributed by atoms with Gasteiger partial charge in [-0.25, -0.2) is 4.98 Å². The molecule has 112 valence electrons. The molecule has 0 aliphatic rings. The van der Waals surface area contributed by atoms with E-state index in [2.05, 4.69) is 15.2 Å². The van der Waals surface area contributed by atoms with Crippen molar-refractivity contribution >= 4 is 40.5 Å². The maximum absolute atomic E-state index is 12.0. The summed E-state index contributed by atoms with van der Waals surface area (Å²) in [5.41, 5.74) is 2.17. The van der Waals surface area contributed by atoms with Crippen molar-refractivity contribution in [3.05, 3.63) is 51.2 Å². The highest BCUT2D eigenvalue weighted by atomic mass is 35.5. The number of aromatic nitrogens is 3. The third-order valence-electron chi connectivity index (χ3n) is 2.97. The number of thioether (sulfide) groups is 1. The van der Waals surface area contributed by atoms with Crippen LogP contribution in [-0.2, 0) is 0 Å². The predicted molar refractivity (Wildman–Crippen MR) is 90.9 cm³/mol. The van der Waals surface area contributed by atoms with Crippen molar-refractivity contribution in [1.29, 1.82) is 0 Å². The summed E-state index contributed by atoms with van der Waals surface area (Å²) >= 11 is 8.43. The Kier molecular flexibility index (Phi) is 4.61. The SMILES string of the molecule is Cc1ccc(-c2nc(SCC(=O)c3ccc(Cl)s3)n[nH]2)cc1. The van der Waals surface area contributed by atoms with Crippen molar-refractivity contribution in [3.8, 4) is 11.4 Å². The van der Waals surface area contributed by atoms with E-state index in [9.17, 15) is 4.79 Å². The average Bonchev–Trinajstić information content (AvgIpc) is 3.15. The van der Waals surface area contributed by atoms with Gasteiger partial charge in [-0.2, -0.15) is 0 Å². The fourth-order valence-corrected chi connectivity index (χ4v) is 3.57. The third-order valence-corrected chi connectivity index (χ3v) is 5.09. The number of Topliss-reactive ketones (excluding diaryl/α,β-unsaturated/α-hetero) is 1. The number of aromatic amines is 1. The van der Waals surface area contributed by atoms with Gasteiger partial charge in [0.1, 0.15) is 0 Å². The Hall–Kier alpha value is -1.63. The number of nitrogens with one attached hydrogen (secondary N) is 1. The van der Waals surface area contributed by atoms with Crippen molar-refractivity contribution in [3.63, 3.8) is 0 Å². The molecule has 0 fully saturated rings. The van der Waals surface area contributed by atoms with Crippen molar-refractivity contribution in [2.75, 3.05) is 5.75 Å². The summed E-state index contributed by atoms with van der Waals surface area (Å²) in [5, 5.41) is 7.60. The summed E-state index contributed by atoms with van der Waals surface area (Å²) < 4.78 is 0.618. The number of benzene rings is 1. The molecule has 2 heterocycles. The molecule has 0 aliphatic carbocycles. The maximum Gasteiger partial charge on any atom is 0.209 e. The second-order valence-electron chi connectivity index (χ2n) is 4.65. The minimum absolute atomic E-state index is 0.0311. The Bertz CT molecular complexity index is 795. The smallest absolute Gasteiger partial charge is 0.209 e. The number of ketones is 1. The number of thiophene rings is 1. The molecule has 3 rings (SSSR count). The summed E-state index contributed by atoms with van der Waals surface area (Å²) in [7, 11) is 0. The molecule has 7 heteroatoms. The highest BCUT2D eigenvalue weighted by molar-refractivity contribution is 7.99. The summed E-state index contributed by atoms with van der Waals surface area (Å²) in [6.07, 6.45) is 0. The van der Waals surface area contributed by atoms with E-state index in [1.54, 1.807) is 12.1 Å². The fraction of sp³-hybridized carbons (Fsp3) is 0.133. The number of nitrogens with zero attached hydrogens (tertiary/aromatic N) is 2. The number of carbonyl (C=O) groups is 1. The van der Waals surface area contributed by atoms with E-state index in [0.29, 0.717) is 25.9 Å². The number of aryl methyl sites for hydroxylation is 1. The van der Waals surface area contributed by atoms with Crippen LogP contribution in [0.3, 0.4) is 0 Å². The molecule has 0 radical (unpaired) electrons. The molecule has 3 aromatic rings. The average molecular weight is 350 g/mol. The number of hydrogen-bond donors (Lipinski definition) is 1. The predicted octanol–water partition coefficient (Wildman–Crippen LogP) is 4.47. The fourth-order valence-electron chi connectivity index (χ4n) is 1.82. The largest absolute Gasteiger partial charge is 0.292 e. The van der Waals surface area contributed by atoms with Crippen LogP contribution in [0, 0.1) is 6.92 Å². The van der Waals surface area contributed by atoms with E-state index >= 15 is 0 Å². The van der Waals surface area contributed by atoms with E-state index in [-0.39, 0.29) is 5.78 Å². The summed E-state index contributed by atoms with van der Waals surface area (Å²) in [4.78, 5) is 17.1. The quantitative estimate of drug-likeness (QED) is 0.545. The first kappa shape index (κ1) is 15.3. The summed E-state index contributed by atoms with van der Waals surface area (Å²) in [6, 6.07) is 11.5. The standard InChI is InChI=1S/C15H12ClN3OS2/c1-9-2-4-10(5-3-9)14-17-15(19-18-14)21-8-11(20)12-6-7-13(16)22-12/h2-7H,8H2,1H3,(H,17,18,19). The van der Waals surface area contributed by atoms with E-state index in [1.807, 2.05) is 31.2 Å². The zero-order valence-corrected chi connectivity index (χ0v) is 14.1. The molecule has 0 aliphatic heterocycles. The first-order chi connectivity index (χ1) is 10.6. The molecule has 0 atom stereocenters. The minimum atomic E-state index is 0.0311. The Morgan fingerprint density at radius 3 is 2.73 bits per heavy atom. The Morgan fingerprint density at radius 1 is 1.27 bits per heavy atom. The zero-order chi connectivity index (χ0) is 15.5. The van der Waals surface area contributed by atoms with Gasteiger partial charge in [0.25, 0.3) is 0 Å². The van der Waals surface area contributed by atoms with Crippen LogP contribution in [0.1, 0.15) is 15.2 Å². The van der Waals surface area contributed by atoms with Gasteiger partial charge in [0.05, 0.1) is 15.0 Å². The van der Waals surface area contributed by atoms with E-state index in [1.165, 1.54) is 28.7 Å². The molecule has 22 heavy (non-hydrogen) atoms. The third kappa shape index (κ3) is 3.58. The van der Waals surface area contributed by atoms with Crippen molar-refractivity contribution in [1.82, 2.24) is 15.2 Å². The van der Waals surface area contributed by atoms with E-state index in [4.69, 9.17) is 11.6 Å². The van der Waals surface area contributed by atoms with Crippen LogP contribution in [0.25, 0.3) is 11.4 Å². The Morgan fingerprint density at radius 2 is 2.05 bits per heavy atom. The first-order valence-corrected chi connectivity index (χ1v) is 8.70. The number of hydrogen-bond acceptors (Lipinski definition) is 5. The van der Waals surface area contributed by atoms with Gasteiger partial charge in [-0.05, 0) is 19.1 Å². The topological polar surface area (TPSA) is 58.6 Å². The highest BCUT2D eigenvalue weighted by Crippen LogP contribution is 2.24. The van der Waals surface area contributed by atoms with Gasteiger partial charge >= 0.3 is 0 Å². The van der Waals surface area contributed by atoms with Crippen LogP contribution in [-0.4, -0.2) is 26.7 Å². The monoisotopic (exact) mass is 349 g/mol. The molecule has 1 N–H and O–H groups in total. The maximum atomic E-state index is 12.0. The molecule has 0 amide bonds. The number of carbonyl (C=O) groups excluding carboxylic acids is 1. The lowest BCUT2D eigenvalue weighted by Gasteiger charge is -1.96. The van der Waals surface area contributed by atoms with Crippen LogP contribution in [0.4, 0.5) is 0 Å². The Labute approximate surface area is 140 Å². The molecule has 0 bridgehead atoms. The summed E-state index contributed by atoms with van der Waals surface area (Å²) in [5.74, 6) is 1.03. The lowest BCUT2D eigenvalue weighted by atomic mass is 10.1. The van der Waals surface area contributed by atoms with E-state index < -0.39 is 0 Å².